The quantitative estimate of drug-likeness (QED) is 0.153. The summed E-state index contributed by atoms with van der Waals surface area (Å²) < 4.78 is 9.55. The lowest BCUT2D eigenvalue weighted by molar-refractivity contribution is -0.151. The third kappa shape index (κ3) is 22.1. The molecular formula is C25H38O6. The van der Waals surface area contributed by atoms with Gasteiger partial charge < -0.3 is 19.7 Å². The summed E-state index contributed by atoms with van der Waals surface area (Å²) in [5.74, 6) is -0.870. The van der Waals surface area contributed by atoms with E-state index in [1.165, 1.54) is 6.92 Å². The van der Waals surface area contributed by atoms with Crippen LogP contribution < -0.4 is 0 Å². The van der Waals surface area contributed by atoms with Crippen molar-refractivity contribution in [2.24, 2.45) is 0 Å². The number of unbranched alkanes of at least 4 members (excludes halogenated alkanes) is 1. The number of carbonyl (C=O) groups excluding carboxylic acids is 2. The molecule has 0 heterocycles. The lowest BCUT2D eigenvalue weighted by Gasteiger charge is -2.10. The summed E-state index contributed by atoms with van der Waals surface area (Å²) >= 11 is 0. The smallest absolute Gasteiger partial charge is 0.305 e. The standard InChI is InChI=1S/C25H38O6/c1-3-4-5-6-11-14-17-23(27)18-15-12-9-7-8-10-13-16-19-25(29)31-21-24(28)20-30-22(2)26/h4-5,8-12,14-15,18,23-24,27-28H,3,6-7,13,16-17,19-21H2,1-2H3/b5-4-,10-8-,12-9-,14-11-,18-15+/t23?,24-/m1/s1. The summed E-state index contributed by atoms with van der Waals surface area (Å²) in [6, 6.07) is 0. The first-order chi connectivity index (χ1) is 15.0. The number of rotatable bonds is 17. The fraction of sp³-hybridized carbons (Fsp3) is 0.520. The Balaban J connectivity index is 3.73. The molecule has 0 spiro atoms. The van der Waals surface area contributed by atoms with Crippen molar-refractivity contribution in [2.75, 3.05) is 13.2 Å². The zero-order chi connectivity index (χ0) is 23.2. The van der Waals surface area contributed by atoms with Gasteiger partial charge in [0.25, 0.3) is 0 Å². The molecular weight excluding hydrogens is 396 g/mol. The minimum absolute atomic E-state index is 0.179. The van der Waals surface area contributed by atoms with Gasteiger partial charge in [0.1, 0.15) is 19.3 Å². The Hall–Kier alpha value is -2.44. The van der Waals surface area contributed by atoms with E-state index in [-0.39, 0.29) is 25.6 Å². The van der Waals surface area contributed by atoms with Crippen LogP contribution in [0.5, 0.6) is 0 Å². The predicted molar refractivity (Wildman–Crippen MR) is 123 cm³/mol. The summed E-state index contributed by atoms with van der Waals surface area (Å²) in [4.78, 5) is 22.2. The number of aliphatic hydroxyl groups excluding tert-OH is 2. The molecule has 0 saturated carbocycles. The SMILES string of the molecule is CC/C=C\C/C=C\CC(O)/C=C/C=C\C/C=C\CCCC(=O)OC[C@H](O)COC(C)=O. The van der Waals surface area contributed by atoms with E-state index in [0.29, 0.717) is 12.8 Å². The highest BCUT2D eigenvalue weighted by atomic mass is 16.6. The Bertz CT molecular complexity index is 616. The van der Waals surface area contributed by atoms with E-state index in [9.17, 15) is 19.8 Å². The van der Waals surface area contributed by atoms with Crippen LogP contribution in [0.1, 0.15) is 58.8 Å². The van der Waals surface area contributed by atoms with Crippen LogP contribution >= 0.6 is 0 Å². The first kappa shape index (κ1) is 28.6. The van der Waals surface area contributed by atoms with Gasteiger partial charge in [-0.2, -0.15) is 0 Å². The molecule has 1 unspecified atom stereocenters. The van der Waals surface area contributed by atoms with Crippen molar-refractivity contribution >= 4 is 11.9 Å². The molecule has 6 heteroatoms. The Kier molecular flexibility index (Phi) is 19.2. The van der Waals surface area contributed by atoms with Crippen LogP contribution in [0.25, 0.3) is 0 Å². The highest BCUT2D eigenvalue weighted by molar-refractivity contribution is 5.69. The molecule has 31 heavy (non-hydrogen) atoms. The van der Waals surface area contributed by atoms with Crippen LogP contribution in [-0.4, -0.2) is 47.6 Å². The van der Waals surface area contributed by atoms with E-state index in [0.717, 1.165) is 25.7 Å². The number of carbonyl (C=O) groups is 2. The van der Waals surface area contributed by atoms with Gasteiger partial charge >= 0.3 is 11.9 Å². The maximum atomic E-state index is 11.6. The third-order valence-electron chi connectivity index (χ3n) is 3.91. The highest BCUT2D eigenvalue weighted by Gasteiger charge is 2.09. The first-order valence-electron chi connectivity index (χ1n) is 10.9. The number of hydrogen-bond donors (Lipinski definition) is 2. The fourth-order valence-corrected chi connectivity index (χ4v) is 2.28. The lowest BCUT2D eigenvalue weighted by atomic mass is 10.2. The summed E-state index contributed by atoms with van der Waals surface area (Å²) in [7, 11) is 0. The van der Waals surface area contributed by atoms with Crippen molar-refractivity contribution in [3.63, 3.8) is 0 Å². The normalized spacial score (nSPS) is 14.3. The van der Waals surface area contributed by atoms with Gasteiger partial charge in [-0.3, -0.25) is 9.59 Å². The maximum absolute atomic E-state index is 11.6. The van der Waals surface area contributed by atoms with Crippen molar-refractivity contribution in [3.05, 3.63) is 60.8 Å². The lowest BCUT2D eigenvalue weighted by Crippen LogP contribution is -2.24. The van der Waals surface area contributed by atoms with Gasteiger partial charge in [0, 0.05) is 13.3 Å². The summed E-state index contributed by atoms with van der Waals surface area (Å²) in [6.45, 7) is 2.99. The molecule has 0 aromatic rings. The molecule has 174 valence electrons. The largest absolute Gasteiger partial charge is 0.463 e. The number of esters is 2. The average Bonchev–Trinajstić information content (AvgIpc) is 2.74. The molecule has 6 nitrogen and oxygen atoms in total. The van der Waals surface area contributed by atoms with Crippen LogP contribution in [0, 0.1) is 0 Å². The second kappa shape index (κ2) is 20.8. The van der Waals surface area contributed by atoms with Gasteiger partial charge in [-0.05, 0) is 38.5 Å². The molecule has 2 atom stereocenters. The third-order valence-corrected chi connectivity index (χ3v) is 3.91. The summed E-state index contributed by atoms with van der Waals surface area (Å²) in [5, 5.41) is 19.3. The zero-order valence-corrected chi connectivity index (χ0v) is 18.8. The van der Waals surface area contributed by atoms with Crippen molar-refractivity contribution in [1.29, 1.82) is 0 Å². The van der Waals surface area contributed by atoms with Crippen LogP contribution in [0.4, 0.5) is 0 Å². The van der Waals surface area contributed by atoms with Crippen molar-refractivity contribution in [3.8, 4) is 0 Å². The van der Waals surface area contributed by atoms with Crippen molar-refractivity contribution < 1.29 is 29.3 Å². The summed E-state index contributed by atoms with van der Waals surface area (Å²) in [5.41, 5.74) is 0. The summed E-state index contributed by atoms with van der Waals surface area (Å²) in [6.07, 6.45) is 23.3. The van der Waals surface area contributed by atoms with E-state index >= 15 is 0 Å². The monoisotopic (exact) mass is 434 g/mol. The number of ether oxygens (including phenoxy) is 2. The maximum Gasteiger partial charge on any atom is 0.305 e. The molecule has 0 radical (unpaired) electrons. The first-order valence-corrected chi connectivity index (χ1v) is 10.9. The van der Waals surface area contributed by atoms with E-state index < -0.39 is 18.2 Å². The van der Waals surface area contributed by atoms with Gasteiger partial charge in [-0.25, -0.2) is 0 Å². The number of allylic oxidation sites excluding steroid dienone is 8. The van der Waals surface area contributed by atoms with Crippen LogP contribution in [0.15, 0.2) is 60.8 Å². The van der Waals surface area contributed by atoms with Crippen LogP contribution in [0.3, 0.4) is 0 Å². The molecule has 0 aromatic carbocycles. The molecule has 0 rings (SSSR count). The van der Waals surface area contributed by atoms with Gasteiger partial charge in [0.2, 0.25) is 0 Å². The van der Waals surface area contributed by atoms with E-state index in [4.69, 9.17) is 4.74 Å². The average molecular weight is 435 g/mol. The van der Waals surface area contributed by atoms with Gasteiger partial charge in [0.05, 0.1) is 6.10 Å². The Labute approximate surface area is 186 Å². The van der Waals surface area contributed by atoms with E-state index in [2.05, 4.69) is 29.9 Å². The molecule has 0 aliphatic rings. The van der Waals surface area contributed by atoms with Gasteiger partial charge in [-0.1, -0.05) is 67.7 Å². The van der Waals surface area contributed by atoms with Crippen LogP contribution in [-0.2, 0) is 19.1 Å². The molecule has 0 aromatic heterocycles. The topological polar surface area (TPSA) is 93.1 Å². The van der Waals surface area contributed by atoms with E-state index in [1.54, 1.807) is 6.08 Å². The molecule has 0 amide bonds. The molecule has 0 bridgehead atoms. The molecule has 0 fully saturated rings. The van der Waals surface area contributed by atoms with Gasteiger partial charge in [-0.15, -0.1) is 0 Å². The fourth-order valence-electron chi connectivity index (χ4n) is 2.28. The number of hydrogen-bond acceptors (Lipinski definition) is 6. The minimum Gasteiger partial charge on any atom is -0.463 e. The molecule has 0 saturated heterocycles. The highest BCUT2D eigenvalue weighted by Crippen LogP contribution is 2.02. The second-order valence-electron chi connectivity index (χ2n) is 6.94. The molecule has 0 aliphatic heterocycles. The second-order valence-corrected chi connectivity index (χ2v) is 6.94. The Morgan fingerprint density at radius 3 is 2.29 bits per heavy atom. The Morgan fingerprint density at radius 2 is 1.55 bits per heavy atom. The Morgan fingerprint density at radius 1 is 0.871 bits per heavy atom. The predicted octanol–water partition coefficient (Wildman–Crippen LogP) is 4.35. The van der Waals surface area contributed by atoms with Crippen molar-refractivity contribution in [2.45, 2.75) is 71.0 Å². The number of aliphatic hydroxyl groups is 2. The van der Waals surface area contributed by atoms with Crippen molar-refractivity contribution in [1.82, 2.24) is 0 Å². The minimum atomic E-state index is -1.00. The molecule has 2 N–H and O–H groups in total. The van der Waals surface area contributed by atoms with Crippen LogP contribution in [0.2, 0.25) is 0 Å². The van der Waals surface area contributed by atoms with Gasteiger partial charge in [0.15, 0.2) is 0 Å². The van der Waals surface area contributed by atoms with E-state index in [1.807, 2.05) is 36.5 Å². The zero-order valence-electron chi connectivity index (χ0n) is 18.8. The molecule has 0 aliphatic carbocycles.